The predicted octanol–water partition coefficient (Wildman–Crippen LogP) is 2.27. The maximum Gasteiger partial charge on any atom is 0.236 e. The highest BCUT2D eigenvalue weighted by atomic mass is 35.5. The van der Waals surface area contributed by atoms with Crippen LogP contribution in [-0.2, 0) is 11.2 Å². The third-order valence-corrected chi connectivity index (χ3v) is 3.91. The van der Waals surface area contributed by atoms with E-state index in [1.165, 1.54) is 0 Å². The number of hydrogen-bond acceptors (Lipinski definition) is 5. The van der Waals surface area contributed by atoms with Gasteiger partial charge in [0.1, 0.15) is 6.26 Å². The average Bonchev–Trinajstić information content (AvgIpc) is 3.09. The van der Waals surface area contributed by atoms with Crippen molar-refractivity contribution in [1.82, 2.24) is 15.6 Å². The Morgan fingerprint density at radius 3 is 3.05 bits per heavy atom. The van der Waals surface area contributed by atoms with E-state index in [1.807, 2.05) is 17.5 Å². The summed E-state index contributed by atoms with van der Waals surface area (Å²) in [6, 6.07) is 4.14. The lowest BCUT2D eigenvalue weighted by atomic mass is 10.2. The number of nitrogens with one attached hydrogen (secondary N) is 2. The summed E-state index contributed by atoms with van der Waals surface area (Å²) in [6.07, 6.45) is 2.82. The quantitative estimate of drug-likeness (QED) is 0.888. The molecule has 1 saturated heterocycles. The molecule has 1 aliphatic heterocycles. The molecule has 0 radical (unpaired) electrons. The third kappa shape index (κ3) is 4.71. The van der Waals surface area contributed by atoms with Gasteiger partial charge in [-0.25, -0.2) is 4.98 Å². The van der Waals surface area contributed by atoms with Gasteiger partial charge in [-0.15, -0.1) is 36.2 Å². The minimum atomic E-state index is -0.000250. The fraction of sp³-hybridized carbons (Fsp3) is 0.385. The molecule has 2 aromatic rings. The van der Waals surface area contributed by atoms with E-state index < -0.39 is 0 Å². The Balaban J connectivity index is 0.00000110. The first-order valence-corrected chi connectivity index (χ1v) is 7.17. The molecule has 1 fully saturated rings. The molecule has 0 bridgehead atoms. The minimum absolute atomic E-state index is 0. The summed E-state index contributed by atoms with van der Waals surface area (Å²) >= 11 is 1.57. The summed E-state index contributed by atoms with van der Waals surface area (Å²) < 4.78 is 5.39. The van der Waals surface area contributed by atoms with Gasteiger partial charge < -0.3 is 15.1 Å². The lowest BCUT2D eigenvalue weighted by Crippen LogP contribution is -2.37. The van der Waals surface area contributed by atoms with E-state index in [9.17, 15) is 4.79 Å². The first kappa shape index (κ1) is 18.0. The number of carbonyl (C=O) groups is 1. The molecule has 1 atom stereocenters. The van der Waals surface area contributed by atoms with E-state index in [1.54, 1.807) is 17.6 Å². The van der Waals surface area contributed by atoms with E-state index in [0.717, 1.165) is 24.4 Å². The van der Waals surface area contributed by atoms with Crippen LogP contribution in [0.4, 0.5) is 0 Å². The topological polar surface area (TPSA) is 67.2 Å². The molecular formula is C13H17Cl2N3O2S. The van der Waals surface area contributed by atoms with Gasteiger partial charge >= 0.3 is 0 Å². The van der Waals surface area contributed by atoms with Gasteiger partial charge in [0, 0.05) is 12.6 Å². The van der Waals surface area contributed by atoms with Gasteiger partial charge in [0.05, 0.1) is 17.0 Å². The summed E-state index contributed by atoms with van der Waals surface area (Å²) in [7, 11) is 0. The second kappa shape index (κ2) is 8.38. The number of carbonyl (C=O) groups excluding carboxylic acids is 1. The molecule has 1 aliphatic rings. The molecule has 3 heterocycles. The van der Waals surface area contributed by atoms with Crippen molar-refractivity contribution in [3.63, 3.8) is 0 Å². The normalized spacial score (nSPS) is 16.9. The Kier molecular flexibility index (Phi) is 7.17. The van der Waals surface area contributed by atoms with Crippen molar-refractivity contribution in [2.24, 2.45) is 0 Å². The Morgan fingerprint density at radius 1 is 1.52 bits per heavy atom. The van der Waals surface area contributed by atoms with E-state index in [4.69, 9.17) is 4.42 Å². The highest BCUT2D eigenvalue weighted by Crippen LogP contribution is 2.23. The van der Waals surface area contributed by atoms with Crippen LogP contribution in [0, 0.1) is 0 Å². The van der Waals surface area contributed by atoms with Gasteiger partial charge in [-0.2, -0.15) is 0 Å². The van der Waals surface area contributed by atoms with Gasteiger partial charge in [0.15, 0.2) is 0 Å². The highest BCUT2D eigenvalue weighted by molar-refractivity contribution is 7.13. The van der Waals surface area contributed by atoms with Gasteiger partial charge in [0.25, 0.3) is 0 Å². The number of aromatic nitrogens is 1. The van der Waals surface area contributed by atoms with Crippen LogP contribution >= 0.6 is 36.2 Å². The molecule has 21 heavy (non-hydrogen) atoms. The molecule has 0 aromatic carbocycles. The van der Waals surface area contributed by atoms with E-state index in [0.29, 0.717) is 11.6 Å². The molecule has 116 valence electrons. The van der Waals surface area contributed by atoms with E-state index >= 15 is 0 Å². The average molecular weight is 350 g/mol. The first-order valence-electron chi connectivity index (χ1n) is 6.29. The number of thiophene rings is 1. The van der Waals surface area contributed by atoms with Gasteiger partial charge in [-0.05, 0) is 24.4 Å². The summed E-state index contributed by atoms with van der Waals surface area (Å²) in [5.41, 5.74) is 0.673. The highest BCUT2D eigenvalue weighted by Gasteiger charge is 2.18. The van der Waals surface area contributed by atoms with Crippen LogP contribution in [0.2, 0.25) is 0 Å². The summed E-state index contributed by atoms with van der Waals surface area (Å²) in [4.78, 5) is 17.2. The Bertz CT molecular complexity index is 554. The van der Waals surface area contributed by atoms with Crippen molar-refractivity contribution in [3.05, 3.63) is 29.5 Å². The lowest BCUT2D eigenvalue weighted by Gasteiger charge is -2.09. The van der Waals surface area contributed by atoms with Crippen molar-refractivity contribution in [1.29, 1.82) is 0 Å². The number of nitrogens with zero attached hydrogens (tertiary/aromatic N) is 1. The number of halogens is 2. The molecule has 0 spiro atoms. The Hall–Kier alpha value is -1.08. The van der Waals surface area contributed by atoms with Crippen LogP contribution in [0.3, 0.4) is 0 Å². The zero-order chi connectivity index (χ0) is 13.1. The molecule has 5 nitrogen and oxygen atoms in total. The van der Waals surface area contributed by atoms with Gasteiger partial charge in [-0.3, -0.25) is 4.79 Å². The SMILES string of the molecule is Cl.Cl.O=C(Cc1coc(-c2cccs2)n1)NC1CCNC1. The molecule has 3 rings (SSSR count). The maximum atomic E-state index is 11.8. The van der Waals surface area contributed by atoms with Crippen molar-refractivity contribution in [3.8, 4) is 10.8 Å². The third-order valence-electron chi connectivity index (χ3n) is 3.05. The van der Waals surface area contributed by atoms with Crippen LogP contribution < -0.4 is 10.6 Å². The van der Waals surface area contributed by atoms with E-state index in [-0.39, 0.29) is 43.2 Å². The zero-order valence-corrected chi connectivity index (χ0v) is 13.7. The molecule has 2 aromatic heterocycles. The lowest BCUT2D eigenvalue weighted by molar-refractivity contribution is -0.121. The second-order valence-electron chi connectivity index (χ2n) is 4.56. The number of oxazole rings is 1. The molecule has 1 unspecified atom stereocenters. The molecular weight excluding hydrogens is 333 g/mol. The molecule has 1 amide bonds. The molecule has 2 N–H and O–H groups in total. The summed E-state index contributed by atoms with van der Waals surface area (Å²) in [5, 5.41) is 8.18. The van der Waals surface area contributed by atoms with Crippen molar-refractivity contribution < 1.29 is 9.21 Å². The smallest absolute Gasteiger partial charge is 0.236 e. The first-order chi connectivity index (χ1) is 9.31. The summed E-state index contributed by atoms with van der Waals surface area (Å²) in [6.45, 7) is 1.82. The predicted molar refractivity (Wildman–Crippen MR) is 87.4 cm³/mol. The number of amides is 1. The standard InChI is InChI=1S/C13H15N3O2S.2ClH/c17-12(15-9-3-4-14-7-9)6-10-8-18-13(16-10)11-2-1-5-19-11;;/h1-2,5,8-9,14H,3-4,6-7H2,(H,15,17);2*1H. The van der Waals surface area contributed by atoms with Crippen LogP contribution in [0.5, 0.6) is 0 Å². The molecule has 8 heteroatoms. The van der Waals surface area contributed by atoms with Crippen LogP contribution in [0.15, 0.2) is 28.2 Å². The number of rotatable bonds is 4. The van der Waals surface area contributed by atoms with Crippen molar-refractivity contribution >= 4 is 42.1 Å². The zero-order valence-electron chi connectivity index (χ0n) is 11.2. The minimum Gasteiger partial charge on any atom is -0.444 e. The fourth-order valence-electron chi connectivity index (χ4n) is 2.12. The van der Waals surface area contributed by atoms with Crippen LogP contribution in [0.25, 0.3) is 10.8 Å². The monoisotopic (exact) mass is 349 g/mol. The number of hydrogen-bond donors (Lipinski definition) is 2. The van der Waals surface area contributed by atoms with Crippen molar-refractivity contribution in [2.45, 2.75) is 18.9 Å². The van der Waals surface area contributed by atoms with Gasteiger partial charge in [-0.1, -0.05) is 6.07 Å². The Morgan fingerprint density at radius 2 is 2.38 bits per heavy atom. The van der Waals surface area contributed by atoms with E-state index in [2.05, 4.69) is 15.6 Å². The molecule has 0 saturated carbocycles. The van der Waals surface area contributed by atoms with Crippen LogP contribution in [0.1, 0.15) is 12.1 Å². The summed E-state index contributed by atoms with van der Waals surface area (Å²) in [5.74, 6) is 0.583. The molecule has 0 aliphatic carbocycles. The largest absolute Gasteiger partial charge is 0.444 e. The maximum absolute atomic E-state index is 11.8. The Labute approximate surface area is 139 Å². The fourth-order valence-corrected chi connectivity index (χ4v) is 2.78. The second-order valence-corrected chi connectivity index (χ2v) is 5.50. The van der Waals surface area contributed by atoms with Gasteiger partial charge in [0.2, 0.25) is 11.8 Å². The van der Waals surface area contributed by atoms with Crippen LogP contribution in [-0.4, -0.2) is 30.0 Å². The van der Waals surface area contributed by atoms with Crippen molar-refractivity contribution in [2.75, 3.05) is 13.1 Å².